The van der Waals surface area contributed by atoms with Crippen LogP contribution < -0.4 is 0 Å². The third kappa shape index (κ3) is 2.34. The molecule has 0 saturated heterocycles. The van der Waals surface area contributed by atoms with Crippen molar-refractivity contribution in [3.05, 3.63) is 47.9 Å². The molecule has 4 nitrogen and oxygen atoms in total. The first kappa shape index (κ1) is 10.5. The summed E-state index contributed by atoms with van der Waals surface area (Å²) in [5.41, 5.74) is 0.915. The van der Waals surface area contributed by atoms with Gasteiger partial charge in [-0.2, -0.15) is 0 Å². The minimum absolute atomic E-state index is 0.0971. The molecule has 0 spiro atoms. The minimum atomic E-state index is -0.458. The van der Waals surface area contributed by atoms with Gasteiger partial charge < -0.3 is 14.2 Å². The lowest BCUT2D eigenvalue weighted by Gasteiger charge is -2.11. The summed E-state index contributed by atoms with van der Waals surface area (Å²) < 4.78 is 15.3. The molecule has 0 saturated carbocycles. The van der Waals surface area contributed by atoms with Crippen molar-refractivity contribution in [3.8, 4) is 0 Å². The van der Waals surface area contributed by atoms with E-state index in [1.807, 2.05) is 30.3 Å². The van der Waals surface area contributed by atoms with E-state index in [0.29, 0.717) is 5.76 Å². The van der Waals surface area contributed by atoms with Gasteiger partial charge in [-0.05, 0) is 0 Å². The van der Waals surface area contributed by atoms with Crippen molar-refractivity contribution >= 4 is 5.97 Å². The van der Waals surface area contributed by atoms with Crippen LogP contribution in [0.1, 0.15) is 18.3 Å². The van der Waals surface area contributed by atoms with E-state index in [1.165, 1.54) is 13.4 Å². The van der Waals surface area contributed by atoms with E-state index in [0.717, 1.165) is 5.56 Å². The van der Waals surface area contributed by atoms with Crippen LogP contribution in [0.15, 0.2) is 42.4 Å². The van der Waals surface area contributed by atoms with Crippen molar-refractivity contribution in [3.63, 3.8) is 0 Å². The lowest BCUT2D eigenvalue weighted by Crippen LogP contribution is -2.04. The first-order chi connectivity index (χ1) is 7.79. The van der Waals surface area contributed by atoms with Crippen LogP contribution in [0.3, 0.4) is 0 Å². The summed E-state index contributed by atoms with van der Waals surface area (Å²) in [7, 11) is 1.34. The van der Waals surface area contributed by atoms with Crippen molar-refractivity contribution in [1.82, 2.24) is 0 Å². The number of benzene rings is 1. The Morgan fingerprint density at radius 3 is 2.81 bits per heavy atom. The van der Waals surface area contributed by atoms with E-state index in [1.54, 1.807) is 0 Å². The minimum Gasteiger partial charge on any atom is -0.469 e. The van der Waals surface area contributed by atoms with Gasteiger partial charge in [0.05, 0.1) is 7.11 Å². The van der Waals surface area contributed by atoms with Crippen LogP contribution in [0, 0.1) is 0 Å². The van der Waals surface area contributed by atoms with Crippen LogP contribution >= 0.6 is 0 Å². The summed E-state index contributed by atoms with van der Waals surface area (Å²) in [6.07, 6.45) is 1.09. The Morgan fingerprint density at radius 2 is 2.12 bits per heavy atom. The maximum absolute atomic E-state index is 11.0. The van der Waals surface area contributed by atoms with Crippen molar-refractivity contribution < 1.29 is 19.0 Å². The van der Waals surface area contributed by atoms with Gasteiger partial charge in [-0.3, -0.25) is 4.79 Å². The molecule has 1 aliphatic rings. The zero-order valence-corrected chi connectivity index (χ0v) is 8.88. The van der Waals surface area contributed by atoms with Crippen molar-refractivity contribution in [2.24, 2.45) is 0 Å². The van der Waals surface area contributed by atoms with Crippen LogP contribution in [0.2, 0.25) is 0 Å². The lowest BCUT2D eigenvalue weighted by molar-refractivity contribution is -0.140. The summed E-state index contributed by atoms with van der Waals surface area (Å²) in [5.74, 6) is 0.143. The van der Waals surface area contributed by atoms with Gasteiger partial charge in [0.1, 0.15) is 18.4 Å². The van der Waals surface area contributed by atoms with Gasteiger partial charge in [0.2, 0.25) is 0 Å². The molecule has 1 heterocycles. The molecule has 0 N–H and O–H groups in total. The summed E-state index contributed by atoms with van der Waals surface area (Å²) in [5, 5.41) is 0. The Bertz CT molecular complexity index is 397. The van der Waals surface area contributed by atoms with Gasteiger partial charge in [0.15, 0.2) is 0 Å². The molecule has 0 bridgehead atoms. The Hall–Kier alpha value is -1.97. The number of methoxy groups -OCH3 is 1. The molecule has 84 valence electrons. The van der Waals surface area contributed by atoms with Crippen LogP contribution in [-0.4, -0.2) is 13.1 Å². The first-order valence-electron chi connectivity index (χ1n) is 4.92. The quantitative estimate of drug-likeness (QED) is 0.732. The molecule has 1 atom stereocenters. The van der Waals surface area contributed by atoms with Gasteiger partial charge in [-0.1, -0.05) is 30.3 Å². The average molecular weight is 220 g/mol. The summed E-state index contributed by atoms with van der Waals surface area (Å²) in [4.78, 5) is 11.0. The topological polar surface area (TPSA) is 44.8 Å². The maximum Gasteiger partial charge on any atom is 0.313 e. The highest BCUT2D eigenvalue weighted by Gasteiger charge is 2.22. The Kier molecular flexibility index (Phi) is 3.10. The molecule has 0 radical (unpaired) electrons. The molecule has 2 rings (SSSR count). The van der Waals surface area contributed by atoms with Gasteiger partial charge in [-0.15, -0.1) is 0 Å². The maximum atomic E-state index is 11.0. The molecule has 1 aliphatic heterocycles. The third-order valence-corrected chi connectivity index (χ3v) is 2.20. The molecule has 4 heteroatoms. The Labute approximate surface area is 93.4 Å². The zero-order valence-electron chi connectivity index (χ0n) is 8.88. The molecule has 0 amide bonds. The zero-order chi connectivity index (χ0) is 11.4. The fraction of sp³-hybridized carbons (Fsp3) is 0.250. The fourth-order valence-corrected chi connectivity index (χ4v) is 1.39. The smallest absolute Gasteiger partial charge is 0.313 e. The number of esters is 1. The number of carbonyl (C=O) groups excluding carboxylic acids is 1. The third-order valence-electron chi connectivity index (χ3n) is 2.20. The largest absolute Gasteiger partial charge is 0.469 e. The molecule has 0 aromatic heterocycles. The number of hydrogen-bond donors (Lipinski definition) is 0. The lowest BCUT2D eigenvalue weighted by atomic mass is 10.2. The number of hydrogen-bond acceptors (Lipinski definition) is 4. The summed E-state index contributed by atoms with van der Waals surface area (Å²) in [6.45, 7) is 0. The second-order valence-electron chi connectivity index (χ2n) is 3.33. The van der Waals surface area contributed by atoms with Gasteiger partial charge in [0, 0.05) is 5.56 Å². The molecule has 1 unspecified atom stereocenters. The first-order valence-corrected chi connectivity index (χ1v) is 4.92. The molecular formula is C12H12O4. The van der Waals surface area contributed by atoms with Crippen LogP contribution in [-0.2, 0) is 19.0 Å². The summed E-state index contributed by atoms with van der Waals surface area (Å²) >= 11 is 0. The SMILES string of the molecule is COC(=O)CC1=COC(c2ccccc2)O1. The molecule has 1 aromatic rings. The highest BCUT2D eigenvalue weighted by molar-refractivity contribution is 5.71. The second-order valence-corrected chi connectivity index (χ2v) is 3.33. The number of carbonyl (C=O) groups is 1. The molecule has 0 fully saturated rings. The van der Waals surface area contributed by atoms with Gasteiger partial charge in [0.25, 0.3) is 6.29 Å². The van der Waals surface area contributed by atoms with Crippen molar-refractivity contribution in [2.45, 2.75) is 12.7 Å². The van der Waals surface area contributed by atoms with Crippen LogP contribution in [0.5, 0.6) is 0 Å². The Morgan fingerprint density at radius 1 is 1.38 bits per heavy atom. The van der Waals surface area contributed by atoms with E-state index in [2.05, 4.69) is 4.74 Å². The van der Waals surface area contributed by atoms with Crippen LogP contribution in [0.25, 0.3) is 0 Å². The van der Waals surface area contributed by atoms with Gasteiger partial charge >= 0.3 is 5.97 Å². The van der Waals surface area contributed by atoms with Crippen molar-refractivity contribution in [1.29, 1.82) is 0 Å². The molecular weight excluding hydrogens is 208 g/mol. The average Bonchev–Trinajstić information content (AvgIpc) is 2.78. The summed E-state index contributed by atoms with van der Waals surface area (Å²) in [6, 6.07) is 9.53. The highest BCUT2D eigenvalue weighted by Crippen LogP contribution is 2.29. The van der Waals surface area contributed by atoms with Gasteiger partial charge in [-0.25, -0.2) is 0 Å². The van der Waals surface area contributed by atoms with Crippen LogP contribution in [0.4, 0.5) is 0 Å². The molecule has 1 aromatic carbocycles. The normalized spacial score (nSPS) is 18.3. The van der Waals surface area contributed by atoms with E-state index in [4.69, 9.17) is 9.47 Å². The van der Waals surface area contributed by atoms with E-state index in [9.17, 15) is 4.79 Å². The predicted octanol–water partition coefficient (Wildman–Crippen LogP) is 2.14. The number of ether oxygens (including phenoxy) is 3. The van der Waals surface area contributed by atoms with E-state index < -0.39 is 6.29 Å². The molecule has 0 aliphatic carbocycles. The Balaban J connectivity index is 1.94. The fourth-order valence-electron chi connectivity index (χ4n) is 1.39. The predicted molar refractivity (Wildman–Crippen MR) is 56.1 cm³/mol. The monoisotopic (exact) mass is 220 g/mol. The highest BCUT2D eigenvalue weighted by atomic mass is 16.7. The van der Waals surface area contributed by atoms with E-state index >= 15 is 0 Å². The van der Waals surface area contributed by atoms with Crippen molar-refractivity contribution in [2.75, 3.05) is 7.11 Å². The van der Waals surface area contributed by atoms with E-state index in [-0.39, 0.29) is 12.4 Å². The second kappa shape index (κ2) is 4.70. The number of rotatable bonds is 3. The standard InChI is InChI=1S/C12H12O4/c1-14-11(13)7-10-8-15-12(16-10)9-5-3-2-4-6-9/h2-6,8,12H,7H2,1H3. The molecule has 16 heavy (non-hydrogen) atoms.